The third-order valence-electron chi connectivity index (χ3n) is 4.44. The number of H-pyrrole nitrogens is 1. The molecule has 1 heterocycles. The van der Waals surface area contributed by atoms with Gasteiger partial charge in [0.2, 0.25) is 5.91 Å². The van der Waals surface area contributed by atoms with Crippen molar-refractivity contribution in [1.29, 1.82) is 10.5 Å². The van der Waals surface area contributed by atoms with Gasteiger partial charge >= 0.3 is 0 Å². The van der Waals surface area contributed by atoms with E-state index in [1.54, 1.807) is 4.90 Å². The summed E-state index contributed by atoms with van der Waals surface area (Å²) in [6.07, 6.45) is 0. The number of nitrogens with zero attached hydrogens (tertiary/aromatic N) is 3. The molecule has 0 bridgehead atoms. The molecule has 0 saturated heterocycles. The van der Waals surface area contributed by atoms with Crippen molar-refractivity contribution in [2.75, 3.05) is 11.5 Å². The van der Waals surface area contributed by atoms with Crippen LogP contribution in [0.4, 0.5) is 5.82 Å². The van der Waals surface area contributed by atoms with Gasteiger partial charge < -0.3 is 4.90 Å². The molecule has 0 fully saturated rings. The first-order valence-electron chi connectivity index (χ1n) is 9.25. The molecular weight excluding hydrogens is 394 g/mol. The standard InChI is InChI=1S/C23H19N5OS/c24-12-19-11-20(13-25)23(27-22(19)26)30-16-21(29)28(14-17-7-3-1-4-8-17)15-18-9-5-2-6-10-18/h1-11H,14-16H2,(H2,26,27)/p+1. The van der Waals surface area contributed by atoms with Gasteiger partial charge in [-0.1, -0.05) is 72.4 Å². The summed E-state index contributed by atoms with van der Waals surface area (Å²) in [5, 5.41) is 18.9. The molecule has 7 heteroatoms. The van der Waals surface area contributed by atoms with Crippen molar-refractivity contribution < 1.29 is 9.78 Å². The third kappa shape index (κ3) is 5.38. The second-order valence-electron chi connectivity index (χ2n) is 6.57. The van der Waals surface area contributed by atoms with E-state index in [1.165, 1.54) is 17.8 Å². The Kier molecular flexibility index (Phi) is 7.05. The summed E-state index contributed by atoms with van der Waals surface area (Å²) in [6.45, 7) is 0.971. The molecule has 1 aromatic heterocycles. The molecule has 0 unspecified atom stereocenters. The molecule has 3 rings (SSSR count). The average molecular weight is 415 g/mol. The zero-order chi connectivity index (χ0) is 21.3. The van der Waals surface area contributed by atoms with Crippen LogP contribution in [0.1, 0.15) is 22.3 Å². The van der Waals surface area contributed by atoms with Crippen LogP contribution in [0.5, 0.6) is 0 Å². The third-order valence-corrected chi connectivity index (χ3v) is 5.44. The van der Waals surface area contributed by atoms with Crippen molar-refractivity contribution in [1.82, 2.24) is 4.90 Å². The molecule has 0 saturated carbocycles. The number of anilines is 1. The molecule has 6 nitrogen and oxygen atoms in total. The van der Waals surface area contributed by atoms with E-state index in [4.69, 9.17) is 11.0 Å². The summed E-state index contributed by atoms with van der Waals surface area (Å²) in [5.74, 6) is 0.251. The van der Waals surface area contributed by atoms with Crippen LogP contribution in [0.3, 0.4) is 0 Å². The number of aromatic amines is 1. The summed E-state index contributed by atoms with van der Waals surface area (Å²) in [7, 11) is 0. The summed E-state index contributed by atoms with van der Waals surface area (Å²) < 4.78 is 0. The topological polar surface area (TPSA) is 108 Å². The second kappa shape index (κ2) is 10.1. The van der Waals surface area contributed by atoms with Crippen LogP contribution in [-0.2, 0) is 17.9 Å². The fourth-order valence-electron chi connectivity index (χ4n) is 2.90. The Morgan fingerprint density at radius 3 is 1.97 bits per heavy atom. The first-order chi connectivity index (χ1) is 14.6. The molecule has 0 aliphatic carbocycles. The van der Waals surface area contributed by atoms with E-state index in [0.29, 0.717) is 18.1 Å². The summed E-state index contributed by atoms with van der Waals surface area (Å²) in [6, 6.07) is 25.0. The number of carbonyl (C=O) groups is 1. The Morgan fingerprint density at radius 2 is 1.47 bits per heavy atom. The first-order valence-corrected chi connectivity index (χ1v) is 10.2. The Bertz CT molecular complexity index is 1060. The lowest BCUT2D eigenvalue weighted by Crippen LogP contribution is -2.32. The van der Waals surface area contributed by atoms with E-state index in [1.807, 2.05) is 72.8 Å². The Hall–Kier alpha value is -3.81. The highest BCUT2D eigenvalue weighted by Crippen LogP contribution is 2.21. The van der Waals surface area contributed by atoms with Crippen LogP contribution < -0.4 is 10.7 Å². The molecule has 3 N–H and O–H groups in total. The van der Waals surface area contributed by atoms with E-state index in [2.05, 4.69) is 4.98 Å². The summed E-state index contributed by atoms with van der Waals surface area (Å²) in [4.78, 5) is 17.7. The number of pyridine rings is 1. The molecule has 3 aromatic rings. The fraction of sp³-hybridized carbons (Fsp3) is 0.130. The highest BCUT2D eigenvalue weighted by atomic mass is 32.2. The van der Waals surface area contributed by atoms with E-state index in [9.17, 15) is 10.1 Å². The number of carbonyl (C=O) groups excluding carboxylic acids is 1. The maximum Gasteiger partial charge on any atom is 0.289 e. The van der Waals surface area contributed by atoms with E-state index < -0.39 is 0 Å². The van der Waals surface area contributed by atoms with Crippen molar-refractivity contribution in [3.8, 4) is 12.1 Å². The van der Waals surface area contributed by atoms with Gasteiger partial charge in [0.15, 0.2) is 5.03 Å². The number of thioether (sulfide) groups is 1. The zero-order valence-electron chi connectivity index (χ0n) is 16.2. The smallest absolute Gasteiger partial charge is 0.289 e. The summed E-state index contributed by atoms with van der Waals surface area (Å²) in [5.41, 5.74) is 8.40. The van der Waals surface area contributed by atoms with Crippen LogP contribution >= 0.6 is 11.8 Å². The number of nitriles is 2. The van der Waals surface area contributed by atoms with Crippen molar-refractivity contribution in [2.24, 2.45) is 0 Å². The molecule has 148 valence electrons. The Balaban J connectivity index is 1.77. The molecule has 0 aliphatic rings. The Morgan fingerprint density at radius 1 is 0.933 bits per heavy atom. The van der Waals surface area contributed by atoms with Gasteiger partial charge in [0.1, 0.15) is 23.3 Å². The van der Waals surface area contributed by atoms with Gasteiger partial charge in [-0.25, -0.2) is 4.98 Å². The second-order valence-corrected chi connectivity index (χ2v) is 7.56. The first kappa shape index (κ1) is 20.9. The molecule has 0 spiro atoms. The minimum Gasteiger partial charge on any atom is -0.333 e. The van der Waals surface area contributed by atoms with Crippen LogP contribution in [0.25, 0.3) is 0 Å². The highest BCUT2D eigenvalue weighted by molar-refractivity contribution is 7.99. The van der Waals surface area contributed by atoms with Gasteiger partial charge in [-0.15, -0.1) is 0 Å². The molecular formula is C23H20N5OS+. The monoisotopic (exact) mass is 414 g/mol. The molecule has 0 radical (unpaired) electrons. The number of rotatable bonds is 7. The lowest BCUT2D eigenvalue weighted by Gasteiger charge is -2.23. The summed E-state index contributed by atoms with van der Waals surface area (Å²) >= 11 is 1.20. The molecule has 2 aromatic carbocycles. The van der Waals surface area contributed by atoms with Crippen LogP contribution in [-0.4, -0.2) is 16.6 Å². The largest absolute Gasteiger partial charge is 0.333 e. The number of benzene rings is 2. The highest BCUT2D eigenvalue weighted by Gasteiger charge is 2.19. The van der Waals surface area contributed by atoms with Gasteiger partial charge in [0.25, 0.3) is 5.82 Å². The van der Waals surface area contributed by atoms with Gasteiger partial charge in [0.05, 0.1) is 5.75 Å². The predicted molar refractivity (Wildman–Crippen MR) is 115 cm³/mol. The quantitative estimate of drug-likeness (QED) is 0.598. The zero-order valence-corrected chi connectivity index (χ0v) is 17.0. The van der Waals surface area contributed by atoms with E-state index >= 15 is 0 Å². The maximum atomic E-state index is 13.1. The average Bonchev–Trinajstić information content (AvgIpc) is 2.78. The number of aromatic nitrogens is 1. The normalized spacial score (nSPS) is 10.1. The minimum absolute atomic E-state index is 0.0621. The molecule has 1 amide bonds. The number of amides is 1. The number of nitrogens with one attached hydrogen (secondary N) is 1. The molecule has 30 heavy (non-hydrogen) atoms. The molecule has 0 aliphatic heterocycles. The van der Waals surface area contributed by atoms with Gasteiger partial charge in [-0.2, -0.15) is 10.5 Å². The maximum absolute atomic E-state index is 13.1. The van der Waals surface area contributed by atoms with Crippen LogP contribution in [0.2, 0.25) is 0 Å². The van der Waals surface area contributed by atoms with Gasteiger partial charge in [-0.05, 0) is 17.2 Å². The molecule has 0 atom stereocenters. The number of nitrogens with two attached hydrogens (primary N) is 1. The predicted octanol–water partition coefficient (Wildman–Crippen LogP) is 3.15. The lowest BCUT2D eigenvalue weighted by atomic mass is 10.1. The van der Waals surface area contributed by atoms with Gasteiger partial charge in [0, 0.05) is 13.1 Å². The van der Waals surface area contributed by atoms with Crippen molar-refractivity contribution in [2.45, 2.75) is 18.1 Å². The SMILES string of the molecule is N#Cc1cc(C#N)c(SCC(=O)N(Cc2ccccc2)Cc2ccccc2)[nH+]c1N. The van der Waals surface area contributed by atoms with Crippen molar-refractivity contribution in [3.63, 3.8) is 0 Å². The number of hydrogen-bond donors (Lipinski definition) is 1. The van der Waals surface area contributed by atoms with Crippen molar-refractivity contribution in [3.05, 3.63) is 89.0 Å². The van der Waals surface area contributed by atoms with Crippen molar-refractivity contribution >= 4 is 23.5 Å². The minimum atomic E-state index is -0.0621. The van der Waals surface area contributed by atoms with Crippen LogP contribution in [0, 0.1) is 22.7 Å². The van der Waals surface area contributed by atoms with Gasteiger partial charge in [-0.3, -0.25) is 10.5 Å². The number of nitrogen functional groups attached to an aromatic ring is 1. The van der Waals surface area contributed by atoms with E-state index in [0.717, 1.165) is 11.1 Å². The fourth-order valence-corrected chi connectivity index (χ4v) is 3.79. The number of hydrogen-bond acceptors (Lipinski definition) is 5. The van der Waals surface area contributed by atoms with Crippen LogP contribution in [0.15, 0.2) is 71.8 Å². The lowest BCUT2D eigenvalue weighted by molar-refractivity contribution is -0.410. The Labute approximate surface area is 179 Å². The van der Waals surface area contributed by atoms with E-state index in [-0.39, 0.29) is 28.6 Å².